The Morgan fingerprint density at radius 2 is 2.38 bits per heavy atom. The molecule has 16 heavy (non-hydrogen) atoms. The quantitative estimate of drug-likeness (QED) is 0.874. The van der Waals surface area contributed by atoms with Gasteiger partial charge in [0.2, 0.25) is 0 Å². The minimum Gasteiger partial charge on any atom is -0.305 e. The van der Waals surface area contributed by atoms with Crippen LogP contribution in [0.4, 0.5) is 0 Å². The largest absolute Gasteiger partial charge is 0.305 e. The summed E-state index contributed by atoms with van der Waals surface area (Å²) in [5.74, 6) is 0. The molecule has 2 aromatic rings. The molecule has 0 radical (unpaired) electrons. The number of imidazole rings is 1. The Balaban J connectivity index is 2.23. The van der Waals surface area contributed by atoms with Crippen molar-refractivity contribution < 1.29 is 4.84 Å². The molecule has 5 heteroatoms. The highest BCUT2D eigenvalue weighted by Crippen LogP contribution is 2.22. The summed E-state index contributed by atoms with van der Waals surface area (Å²) in [6, 6.07) is 6.14. The summed E-state index contributed by atoms with van der Waals surface area (Å²) in [7, 11) is 1.61. The van der Waals surface area contributed by atoms with Gasteiger partial charge in [0.25, 0.3) is 0 Å². The molecule has 0 saturated carbocycles. The maximum Gasteiger partial charge on any atom is 0.0992 e. The van der Waals surface area contributed by atoms with Gasteiger partial charge in [-0.2, -0.15) is 5.48 Å². The predicted molar refractivity (Wildman–Crippen MR) is 65.1 cm³/mol. The van der Waals surface area contributed by atoms with Crippen LogP contribution in [0.5, 0.6) is 0 Å². The average Bonchev–Trinajstić information content (AvgIpc) is 2.80. The van der Waals surface area contributed by atoms with Crippen LogP contribution in [0, 0.1) is 0 Å². The molecule has 1 N–H and O–H groups in total. The number of halogens is 1. The number of nitrogens with zero attached hydrogens (tertiary/aromatic N) is 2. The fraction of sp³-hybridized carbons (Fsp3) is 0.182. The molecule has 1 aromatic heterocycles. The molecule has 0 aliphatic heterocycles. The highest BCUT2D eigenvalue weighted by molar-refractivity contribution is 9.10. The van der Waals surface area contributed by atoms with E-state index in [1.165, 1.54) is 0 Å². The van der Waals surface area contributed by atoms with Crippen LogP contribution < -0.4 is 5.48 Å². The van der Waals surface area contributed by atoms with E-state index in [4.69, 9.17) is 4.84 Å². The van der Waals surface area contributed by atoms with Crippen molar-refractivity contribution in [2.75, 3.05) is 7.11 Å². The molecule has 0 spiro atoms. The highest BCUT2D eigenvalue weighted by Gasteiger charge is 2.02. The standard InChI is InChI=1S/C11H12BrN3O/c1-16-14-7-9-2-3-11(10(12)6-9)15-5-4-13-8-15/h2-6,8,14H,7H2,1H3. The highest BCUT2D eigenvalue weighted by atomic mass is 79.9. The van der Waals surface area contributed by atoms with Crippen LogP contribution >= 0.6 is 15.9 Å². The van der Waals surface area contributed by atoms with Crippen LogP contribution in [0.3, 0.4) is 0 Å². The Kier molecular flexibility index (Phi) is 3.71. The van der Waals surface area contributed by atoms with Crippen LogP contribution in [0.15, 0.2) is 41.4 Å². The number of hydrogen-bond acceptors (Lipinski definition) is 3. The van der Waals surface area contributed by atoms with Gasteiger partial charge in [0, 0.05) is 23.4 Å². The summed E-state index contributed by atoms with van der Waals surface area (Å²) in [6.45, 7) is 0.680. The van der Waals surface area contributed by atoms with Gasteiger partial charge in [-0.3, -0.25) is 0 Å². The van der Waals surface area contributed by atoms with Gasteiger partial charge in [-0.05, 0) is 33.6 Å². The van der Waals surface area contributed by atoms with Crippen molar-refractivity contribution in [3.8, 4) is 5.69 Å². The second kappa shape index (κ2) is 5.25. The number of benzene rings is 1. The van der Waals surface area contributed by atoms with Crippen LogP contribution in [0.1, 0.15) is 5.56 Å². The van der Waals surface area contributed by atoms with E-state index in [0.29, 0.717) is 6.54 Å². The smallest absolute Gasteiger partial charge is 0.0992 e. The monoisotopic (exact) mass is 281 g/mol. The first-order valence-electron chi connectivity index (χ1n) is 4.84. The van der Waals surface area contributed by atoms with Crippen molar-refractivity contribution in [3.05, 3.63) is 47.0 Å². The predicted octanol–water partition coefficient (Wildman–Crippen LogP) is 2.29. The summed E-state index contributed by atoms with van der Waals surface area (Å²) in [6.07, 6.45) is 5.44. The first kappa shape index (κ1) is 11.3. The molecule has 0 amide bonds. The molecule has 1 heterocycles. The molecular formula is C11H12BrN3O. The van der Waals surface area contributed by atoms with Gasteiger partial charge < -0.3 is 9.40 Å². The van der Waals surface area contributed by atoms with Crippen LogP contribution in [-0.2, 0) is 11.4 Å². The van der Waals surface area contributed by atoms with Crippen molar-refractivity contribution in [1.82, 2.24) is 15.0 Å². The van der Waals surface area contributed by atoms with Gasteiger partial charge in [0.05, 0.1) is 19.1 Å². The molecule has 0 atom stereocenters. The molecular weight excluding hydrogens is 270 g/mol. The lowest BCUT2D eigenvalue weighted by Gasteiger charge is -2.08. The number of rotatable bonds is 4. The van der Waals surface area contributed by atoms with E-state index in [9.17, 15) is 0 Å². The van der Waals surface area contributed by atoms with Gasteiger partial charge in [-0.25, -0.2) is 4.98 Å². The zero-order valence-corrected chi connectivity index (χ0v) is 10.4. The SMILES string of the molecule is CONCc1ccc(-n2ccnc2)c(Br)c1. The molecule has 0 saturated heterocycles. The number of nitrogens with one attached hydrogen (secondary N) is 1. The zero-order valence-electron chi connectivity index (χ0n) is 8.85. The molecule has 84 valence electrons. The molecule has 0 fully saturated rings. The molecule has 1 aromatic carbocycles. The lowest BCUT2D eigenvalue weighted by atomic mass is 10.2. The Labute approximate surface area is 102 Å². The molecule has 0 bridgehead atoms. The maximum atomic E-state index is 4.81. The lowest BCUT2D eigenvalue weighted by Crippen LogP contribution is -2.10. The van der Waals surface area contributed by atoms with Crippen molar-refractivity contribution in [3.63, 3.8) is 0 Å². The number of aromatic nitrogens is 2. The first-order chi connectivity index (χ1) is 7.81. The van der Waals surface area contributed by atoms with Gasteiger partial charge in [-0.1, -0.05) is 6.07 Å². The summed E-state index contributed by atoms with van der Waals surface area (Å²) in [5.41, 5.74) is 5.02. The van der Waals surface area contributed by atoms with E-state index >= 15 is 0 Å². The van der Waals surface area contributed by atoms with Crippen molar-refractivity contribution in [1.29, 1.82) is 0 Å². The Morgan fingerprint density at radius 3 is 3.00 bits per heavy atom. The minimum atomic E-state index is 0.680. The third kappa shape index (κ3) is 2.49. The first-order valence-corrected chi connectivity index (χ1v) is 5.63. The number of hydroxylamine groups is 1. The van der Waals surface area contributed by atoms with E-state index in [-0.39, 0.29) is 0 Å². The second-order valence-corrected chi connectivity index (χ2v) is 4.14. The average molecular weight is 282 g/mol. The molecule has 0 aliphatic carbocycles. The van der Waals surface area contributed by atoms with E-state index in [2.05, 4.69) is 32.5 Å². The summed E-state index contributed by atoms with van der Waals surface area (Å²) >= 11 is 3.54. The molecule has 0 aliphatic rings. The van der Waals surface area contributed by atoms with Crippen LogP contribution in [-0.4, -0.2) is 16.7 Å². The lowest BCUT2D eigenvalue weighted by molar-refractivity contribution is 0.0867. The molecule has 4 nitrogen and oxygen atoms in total. The Bertz CT molecular complexity index is 456. The van der Waals surface area contributed by atoms with Crippen molar-refractivity contribution in [2.45, 2.75) is 6.54 Å². The minimum absolute atomic E-state index is 0.680. The second-order valence-electron chi connectivity index (χ2n) is 3.28. The van der Waals surface area contributed by atoms with Gasteiger partial charge in [0.1, 0.15) is 0 Å². The van der Waals surface area contributed by atoms with Crippen molar-refractivity contribution >= 4 is 15.9 Å². The zero-order chi connectivity index (χ0) is 11.4. The molecule has 2 rings (SSSR count). The van der Waals surface area contributed by atoms with Gasteiger partial charge >= 0.3 is 0 Å². The van der Waals surface area contributed by atoms with E-state index in [0.717, 1.165) is 15.7 Å². The van der Waals surface area contributed by atoms with E-state index in [1.807, 2.05) is 22.9 Å². The third-order valence-electron chi connectivity index (χ3n) is 2.22. The number of hydrogen-bond donors (Lipinski definition) is 1. The van der Waals surface area contributed by atoms with Crippen LogP contribution in [0.25, 0.3) is 5.69 Å². The summed E-state index contributed by atoms with van der Waals surface area (Å²) in [5, 5.41) is 0. The van der Waals surface area contributed by atoms with Gasteiger partial charge in [-0.15, -0.1) is 0 Å². The summed E-state index contributed by atoms with van der Waals surface area (Å²) in [4.78, 5) is 8.83. The van der Waals surface area contributed by atoms with E-state index < -0.39 is 0 Å². The fourth-order valence-electron chi connectivity index (χ4n) is 1.43. The third-order valence-corrected chi connectivity index (χ3v) is 2.85. The topological polar surface area (TPSA) is 39.1 Å². The Morgan fingerprint density at radius 1 is 1.50 bits per heavy atom. The normalized spacial score (nSPS) is 10.6. The van der Waals surface area contributed by atoms with Gasteiger partial charge in [0.15, 0.2) is 0 Å². The van der Waals surface area contributed by atoms with Crippen LogP contribution in [0.2, 0.25) is 0 Å². The Hall–Kier alpha value is -1.17. The fourth-order valence-corrected chi connectivity index (χ4v) is 2.06. The maximum absolute atomic E-state index is 4.81. The summed E-state index contributed by atoms with van der Waals surface area (Å²) < 4.78 is 2.98. The van der Waals surface area contributed by atoms with Crippen molar-refractivity contribution in [2.24, 2.45) is 0 Å². The van der Waals surface area contributed by atoms with E-state index in [1.54, 1.807) is 19.6 Å². The molecule has 0 unspecified atom stereocenters.